The molecule has 20 heavy (non-hydrogen) atoms. The third-order valence-corrected chi connectivity index (χ3v) is 2.30. The van der Waals surface area contributed by atoms with Crippen molar-refractivity contribution >= 4 is 11.9 Å². The third kappa shape index (κ3) is 4.91. The van der Waals surface area contributed by atoms with Gasteiger partial charge in [-0.2, -0.15) is 0 Å². The van der Waals surface area contributed by atoms with Crippen molar-refractivity contribution in [3.8, 4) is 23.8 Å². The van der Waals surface area contributed by atoms with Gasteiger partial charge in [0.1, 0.15) is 12.4 Å². The Kier molecular flexibility index (Phi) is 5.92. The van der Waals surface area contributed by atoms with Crippen LogP contribution in [0, 0.1) is 12.3 Å². The van der Waals surface area contributed by atoms with Gasteiger partial charge in [0.2, 0.25) is 0 Å². The Balaban J connectivity index is 2.91. The molecular weight excluding hydrogens is 256 g/mol. The maximum absolute atomic E-state index is 10.8. The van der Waals surface area contributed by atoms with Crippen molar-refractivity contribution in [1.29, 1.82) is 0 Å². The number of aliphatic hydroxyl groups is 1. The topological polar surface area (TPSA) is 55.8 Å². The third-order valence-electron chi connectivity index (χ3n) is 2.30. The molecule has 0 amide bonds. The fourth-order valence-corrected chi connectivity index (χ4v) is 1.46. The van der Waals surface area contributed by atoms with Crippen molar-refractivity contribution in [1.82, 2.24) is 0 Å². The highest BCUT2D eigenvalue weighted by Gasteiger charge is 2.04. The van der Waals surface area contributed by atoms with E-state index in [4.69, 9.17) is 15.9 Å². The van der Waals surface area contributed by atoms with Crippen LogP contribution >= 0.6 is 0 Å². The maximum Gasteiger partial charge on any atom is 0.162 e. The lowest BCUT2D eigenvalue weighted by molar-refractivity contribution is -0.112. The van der Waals surface area contributed by atoms with Crippen LogP contribution in [0.4, 0.5) is 0 Å². The predicted octanol–water partition coefficient (Wildman–Crippen LogP) is 2.75. The van der Waals surface area contributed by atoms with E-state index in [1.807, 2.05) is 0 Å². The first-order valence-electron chi connectivity index (χ1n) is 5.90. The molecule has 0 aliphatic carbocycles. The molecule has 0 atom stereocenters. The number of hydrogen-bond acceptors (Lipinski definition) is 4. The summed E-state index contributed by atoms with van der Waals surface area (Å²) < 4.78 is 10.5. The zero-order chi connectivity index (χ0) is 15.0. The molecule has 0 saturated heterocycles. The molecule has 0 heterocycles. The van der Waals surface area contributed by atoms with Crippen molar-refractivity contribution in [3.05, 3.63) is 41.7 Å². The number of ketones is 1. The van der Waals surface area contributed by atoms with Crippen molar-refractivity contribution < 1.29 is 19.4 Å². The van der Waals surface area contributed by atoms with Crippen LogP contribution in [-0.4, -0.2) is 24.6 Å². The van der Waals surface area contributed by atoms with Gasteiger partial charge in [-0.05, 0) is 30.7 Å². The molecule has 104 valence electrons. The largest absolute Gasteiger partial charge is 0.508 e. The van der Waals surface area contributed by atoms with Crippen LogP contribution in [0.5, 0.6) is 11.5 Å². The van der Waals surface area contributed by atoms with Gasteiger partial charge in [-0.25, -0.2) is 0 Å². The second-order valence-corrected chi connectivity index (χ2v) is 3.92. The molecule has 1 rings (SSSR count). The predicted molar refractivity (Wildman–Crippen MR) is 77.7 cm³/mol. The van der Waals surface area contributed by atoms with Crippen LogP contribution in [0.2, 0.25) is 0 Å². The van der Waals surface area contributed by atoms with Gasteiger partial charge in [0, 0.05) is 6.08 Å². The average molecular weight is 272 g/mol. The second-order valence-electron chi connectivity index (χ2n) is 3.92. The summed E-state index contributed by atoms with van der Waals surface area (Å²) in [5, 5.41) is 9.45. The smallest absolute Gasteiger partial charge is 0.162 e. The van der Waals surface area contributed by atoms with E-state index in [0.29, 0.717) is 11.5 Å². The fraction of sp³-hybridized carbons (Fsp3) is 0.188. The molecule has 0 aliphatic heterocycles. The van der Waals surface area contributed by atoms with Gasteiger partial charge in [0.05, 0.1) is 7.11 Å². The fourth-order valence-electron chi connectivity index (χ4n) is 1.46. The Bertz CT molecular complexity index is 577. The number of allylic oxidation sites excluding steroid dienone is 2. The number of hydrogen-bond donors (Lipinski definition) is 1. The van der Waals surface area contributed by atoms with E-state index in [9.17, 15) is 9.90 Å². The van der Waals surface area contributed by atoms with Crippen LogP contribution in [0.1, 0.15) is 12.5 Å². The van der Waals surface area contributed by atoms with Gasteiger partial charge in [-0.3, -0.25) is 4.79 Å². The maximum atomic E-state index is 10.8. The highest BCUT2D eigenvalue weighted by Crippen LogP contribution is 2.28. The first-order chi connectivity index (χ1) is 9.56. The zero-order valence-corrected chi connectivity index (χ0v) is 11.4. The average Bonchev–Trinajstić information content (AvgIpc) is 2.42. The van der Waals surface area contributed by atoms with Gasteiger partial charge in [0.25, 0.3) is 0 Å². The molecule has 0 aromatic heterocycles. The Hall–Kier alpha value is -2.67. The standard InChI is InChI=1S/C16H16O4/c1-4-9-20-15-8-6-13(11-16(15)19-3)5-7-14(18)10-12(2)17/h1,5-8,10-11,18H,9H2,2-3H3. The van der Waals surface area contributed by atoms with Crippen LogP contribution in [0.25, 0.3) is 6.08 Å². The van der Waals surface area contributed by atoms with Crippen LogP contribution < -0.4 is 9.47 Å². The quantitative estimate of drug-likeness (QED) is 0.374. The molecule has 1 aromatic carbocycles. The molecule has 0 spiro atoms. The van der Waals surface area contributed by atoms with Crippen molar-refractivity contribution in [3.63, 3.8) is 0 Å². The van der Waals surface area contributed by atoms with Crippen molar-refractivity contribution in [2.24, 2.45) is 0 Å². The summed E-state index contributed by atoms with van der Waals surface area (Å²) in [4.78, 5) is 10.8. The van der Waals surface area contributed by atoms with Crippen molar-refractivity contribution in [2.75, 3.05) is 13.7 Å². The van der Waals surface area contributed by atoms with Crippen LogP contribution in [0.15, 0.2) is 36.1 Å². The molecule has 0 unspecified atom stereocenters. The van der Waals surface area contributed by atoms with E-state index in [-0.39, 0.29) is 18.1 Å². The number of carbonyl (C=O) groups is 1. The molecule has 4 heteroatoms. The summed E-state index contributed by atoms with van der Waals surface area (Å²) in [5.74, 6) is 3.14. The van der Waals surface area contributed by atoms with Gasteiger partial charge in [0.15, 0.2) is 17.3 Å². The molecule has 1 N–H and O–H groups in total. The molecule has 0 saturated carbocycles. The number of benzene rings is 1. The number of carbonyl (C=O) groups excluding carboxylic acids is 1. The minimum absolute atomic E-state index is 0.107. The molecule has 0 aliphatic rings. The molecule has 0 bridgehead atoms. The monoisotopic (exact) mass is 272 g/mol. The lowest BCUT2D eigenvalue weighted by Gasteiger charge is -2.09. The molecular formula is C16H16O4. The van der Waals surface area contributed by atoms with E-state index >= 15 is 0 Å². The summed E-state index contributed by atoms with van der Waals surface area (Å²) >= 11 is 0. The number of aliphatic hydroxyl groups excluding tert-OH is 1. The molecule has 4 nitrogen and oxygen atoms in total. The SMILES string of the molecule is C#CCOc1ccc(C=CC(O)=CC(C)=O)cc1OC. The number of rotatable bonds is 6. The number of ether oxygens (including phenoxy) is 2. The Labute approximate surface area is 118 Å². The lowest BCUT2D eigenvalue weighted by Crippen LogP contribution is -1.96. The Morgan fingerprint density at radius 3 is 2.80 bits per heavy atom. The van der Waals surface area contributed by atoms with Gasteiger partial charge < -0.3 is 14.6 Å². The minimum atomic E-state index is -0.220. The normalized spacial score (nSPS) is 11.2. The van der Waals surface area contributed by atoms with Gasteiger partial charge >= 0.3 is 0 Å². The summed E-state index contributed by atoms with van der Waals surface area (Å²) in [6.45, 7) is 1.53. The summed E-state index contributed by atoms with van der Waals surface area (Å²) in [5.41, 5.74) is 0.790. The zero-order valence-electron chi connectivity index (χ0n) is 11.4. The highest BCUT2D eigenvalue weighted by atomic mass is 16.5. The van der Waals surface area contributed by atoms with Gasteiger partial charge in [-0.15, -0.1) is 6.42 Å². The summed E-state index contributed by atoms with van der Waals surface area (Å²) in [6.07, 6.45) is 9.35. The molecule has 0 radical (unpaired) electrons. The Morgan fingerprint density at radius 2 is 2.20 bits per heavy atom. The first-order valence-corrected chi connectivity index (χ1v) is 5.90. The number of terminal acetylenes is 1. The van der Waals surface area contributed by atoms with Gasteiger partial charge in [-0.1, -0.05) is 18.1 Å². The Morgan fingerprint density at radius 1 is 1.45 bits per heavy atom. The molecule has 0 fully saturated rings. The van der Waals surface area contributed by atoms with E-state index in [1.54, 1.807) is 24.3 Å². The molecule has 1 aromatic rings. The van der Waals surface area contributed by atoms with E-state index in [1.165, 1.54) is 20.1 Å². The number of methoxy groups -OCH3 is 1. The van der Waals surface area contributed by atoms with E-state index in [0.717, 1.165) is 11.6 Å². The van der Waals surface area contributed by atoms with E-state index in [2.05, 4.69) is 5.92 Å². The highest BCUT2D eigenvalue weighted by molar-refractivity contribution is 5.88. The summed E-state index contributed by atoms with van der Waals surface area (Å²) in [6, 6.07) is 5.25. The van der Waals surface area contributed by atoms with E-state index < -0.39 is 0 Å². The van der Waals surface area contributed by atoms with Crippen molar-refractivity contribution in [2.45, 2.75) is 6.92 Å². The summed E-state index contributed by atoms with van der Waals surface area (Å²) in [7, 11) is 1.53. The van der Waals surface area contributed by atoms with Crippen LogP contribution in [0.3, 0.4) is 0 Å². The second kappa shape index (κ2) is 7.70. The minimum Gasteiger partial charge on any atom is -0.508 e. The lowest BCUT2D eigenvalue weighted by atomic mass is 10.1. The van der Waals surface area contributed by atoms with Crippen LogP contribution in [-0.2, 0) is 4.79 Å². The first kappa shape index (κ1) is 15.4.